The van der Waals surface area contributed by atoms with Crippen LogP contribution < -0.4 is 0 Å². The lowest BCUT2D eigenvalue weighted by atomic mass is 9.98. The Morgan fingerprint density at radius 1 is 1.04 bits per heavy atom. The molecule has 0 N–H and O–H groups in total. The number of hydrogen-bond donors (Lipinski definition) is 0. The smallest absolute Gasteiger partial charge is 0.205 e. The molecule has 0 saturated carbocycles. The van der Waals surface area contributed by atoms with Gasteiger partial charge >= 0.3 is 0 Å². The van der Waals surface area contributed by atoms with E-state index in [9.17, 15) is 13.6 Å². The Morgan fingerprint density at radius 3 is 2.26 bits per heavy atom. The van der Waals surface area contributed by atoms with E-state index in [4.69, 9.17) is 11.6 Å². The normalized spacial score (nSPS) is 11.2. The van der Waals surface area contributed by atoms with Gasteiger partial charge < -0.3 is 0 Å². The predicted octanol–water partition coefficient (Wildman–Crippen LogP) is 5.99. The summed E-state index contributed by atoms with van der Waals surface area (Å²) in [5.41, 5.74) is 2.00. The van der Waals surface area contributed by atoms with E-state index in [0.717, 1.165) is 11.3 Å². The maximum atomic E-state index is 14.3. The van der Waals surface area contributed by atoms with E-state index in [1.807, 2.05) is 0 Å². The molecule has 5 heteroatoms. The molecule has 0 amide bonds. The van der Waals surface area contributed by atoms with Crippen molar-refractivity contribution >= 4 is 38.8 Å². The quantitative estimate of drug-likeness (QED) is 0.519. The van der Waals surface area contributed by atoms with Crippen molar-refractivity contribution in [1.82, 2.24) is 0 Å². The molecule has 0 radical (unpaired) electrons. The Labute approximate surface area is 141 Å². The van der Waals surface area contributed by atoms with Crippen LogP contribution in [0.1, 0.15) is 31.9 Å². The summed E-state index contributed by atoms with van der Waals surface area (Å²) in [5.74, 6) is -1.05. The molecule has 1 heterocycles. The molecule has 0 saturated heterocycles. The number of fused-ring (bicyclic) bond motifs is 1. The largest absolute Gasteiger partial charge is 0.288 e. The monoisotopic (exact) mass is 350 g/mol. The van der Waals surface area contributed by atoms with Crippen LogP contribution >= 0.6 is 22.9 Å². The molecule has 3 aromatic rings. The van der Waals surface area contributed by atoms with E-state index in [2.05, 4.69) is 0 Å². The van der Waals surface area contributed by atoms with E-state index in [-0.39, 0.29) is 27.3 Å². The van der Waals surface area contributed by atoms with Crippen LogP contribution in [0.4, 0.5) is 8.78 Å². The van der Waals surface area contributed by atoms with Crippen molar-refractivity contribution in [2.24, 2.45) is 0 Å². The van der Waals surface area contributed by atoms with Gasteiger partial charge in [-0.2, -0.15) is 0 Å². The van der Waals surface area contributed by atoms with Gasteiger partial charge in [-0.15, -0.1) is 11.3 Å². The molecule has 0 aliphatic carbocycles. The van der Waals surface area contributed by atoms with Gasteiger partial charge in [0.1, 0.15) is 11.6 Å². The molecule has 3 rings (SSSR count). The van der Waals surface area contributed by atoms with Crippen molar-refractivity contribution in [3.63, 3.8) is 0 Å². The first-order valence-electron chi connectivity index (χ1n) is 6.99. The van der Waals surface area contributed by atoms with E-state index in [0.29, 0.717) is 32.3 Å². The Bertz CT molecular complexity index is 936. The SMILES string of the molecule is Cc1cc(F)cc(C)c1C(=O)c1sc2c(F)c(C)ccc2c1Cl. The highest BCUT2D eigenvalue weighted by Gasteiger charge is 2.23. The van der Waals surface area contributed by atoms with Crippen LogP contribution in [0.2, 0.25) is 5.02 Å². The van der Waals surface area contributed by atoms with Gasteiger partial charge in [0.25, 0.3) is 0 Å². The number of thiophene rings is 1. The molecule has 0 atom stereocenters. The van der Waals surface area contributed by atoms with Gasteiger partial charge in [-0.05, 0) is 49.6 Å². The van der Waals surface area contributed by atoms with Crippen molar-refractivity contribution in [2.45, 2.75) is 20.8 Å². The van der Waals surface area contributed by atoms with E-state index in [1.165, 1.54) is 12.1 Å². The van der Waals surface area contributed by atoms with Gasteiger partial charge in [-0.1, -0.05) is 23.7 Å². The molecule has 0 fully saturated rings. The van der Waals surface area contributed by atoms with Crippen LogP contribution in [-0.4, -0.2) is 5.78 Å². The maximum Gasteiger partial charge on any atom is 0.205 e. The van der Waals surface area contributed by atoms with E-state index >= 15 is 0 Å². The Hall–Kier alpha value is -1.78. The fourth-order valence-electron chi connectivity index (χ4n) is 2.72. The second-order valence-corrected chi connectivity index (χ2v) is 6.96. The van der Waals surface area contributed by atoms with Crippen molar-refractivity contribution in [3.8, 4) is 0 Å². The summed E-state index contributed by atoms with van der Waals surface area (Å²) in [6, 6.07) is 5.98. The first kappa shape index (κ1) is 16.1. The van der Waals surface area contributed by atoms with Crippen LogP contribution in [0, 0.1) is 32.4 Å². The highest BCUT2D eigenvalue weighted by atomic mass is 35.5. The highest BCUT2D eigenvalue weighted by Crippen LogP contribution is 2.39. The zero-order chi connectivity index (χ0) is 16.9. The second-order valence-electron chi connectivity index (χ2n) is 5.56. The third-order valence-corrected chi connectivity index (χ3v) is 5.56. The molecule has 0 spiro atoms. The lowest BCUT2D eigenvalue weighted by Crippen LogP contribution is -2.05. The molecule has 118 valence electrons. The highest BCUT2D eigenvalue weighted by molar-refractivity contribution is 7.21. The van der Waals surface area contributed by atoms with Crippen molar-refractivity contribution < 1.29 is 13.6 Å². The lowest BCUT2D eigenvalue weighted by molar-refractivity contribution is 0.104. The molecule has 23 heavy (non-hydrogen) atoms. The third kappa shape index (κ3) is 2.56. The number of aryl methyl sites for hydroxylation is 3. The van der Waals surface area contributed by atoms with Crippen LogP contribution in [0.25, 0.3) is 10.1 Å². The molecular weight excluding hydrogens is 338 g/mol. The van der Waals surface area contributed by atoms with Gasteiger partial charge in [0.2, 0.25) is 5.78 Å². The molecule has 1 aromatic heterocycles. The van der Waals surface area contributed by atoms with Crippen molar-refractivity contribution in [1.29, 1.82) is 0 Å². The number of benzene rings is 2. The number of hydrogen-bond acceptors (Lipinski definition) is 2. The lowest BCUT2D eigenvalue weighted by Gasteiger charge is -2.08. The Morgan fingerprint density at radius 2 is 1.65 bits per heavy atom. The average molecular weight is 351 g/mol. The number of carbonyl (C=O) groups excluding carboxylic acids is 1. The summed E-state index contributed by atoms with van der Waals surface area (Å²) >= 11 is 7.35. The fourth-order valence-corrected chi connectivity index (χ4v) is 4.27. The van der Waals surface area contributed by atoms with Gasteiger partial charge in [-0.3, -0.25) is 4.79 Å². The zero-order valence-corrected chi connectivity index (χ0v) is 14.3. The summed E-state index contributed by atoms with van der Waals surface area (Å²) in [7, 11) is 0. The summed E-state index contributed by atoms with van der Waals surface area (Å²) in [6.45, 7) is 5.02. The molecule has 1 nitrogen and oxygen atoms in total. The molecule has 0 bridgehead atoms. The summed E-state index contributed by atoms with van der Waals surface area (Å²) in [4.78, 5) is 13.1. The average Bonchev–Trinajstić information content (AvgIpc) is 2.79. The van der Waals surface area contributed by atoms with Crippen LogP contribution in [0.15, 0.2) is 24.3 Å². The summed E-state index contributed by atoms with van der Waals surface area (Å²) in [6.07, 6.45) is 0. The van der Waals surface area contributed by atoms with Gasteiger partial charge in [0.05, 0.1) is 14.6 Å². The molecule has 0 aliphatic heterocycles. The molecule has 0 unspecified atom stereocenters. The summed E-state index contributed by atoms with van der Waals surface area (Å²) < 4.78 is 28.1. The second kappa shape index (κ2) is 5.69. The minimum absolute atomic E-state index is 0.247. The Kier molecular flexibility index (Phi) is 3.98. The zero-order valence-electron chi connectivity index (χ0n) is 12.8. The predicted molar refractivity (Wildman–Crippen MR) is 90.8 cm³/mol. The number of halogens is 3. The first-order chi connectivity index (χ1) is 10.8. The summed E-state index contributed by atoms with van der Waals surface area (Å²) in [5, 5.41) is 0.776. The van der Waals surface area contributed by atoms with Gasteiger partial charge in [-0.25, -0.2) is 8.78 Å². The van der Waals surface area contributed by atoms with Crippen LogP contribution in [-0.2, 0) is 0 Å². The maximum absolute atomic E-state index is 14.3. The fraction of sp³-hybridized carbons (Fsp3) is 0.167. The van der Waals surface area contributed by atoms with Gasteiger partial charge in [0.15, 0.2) is 0 Å². The van der Waals surface area contributed by atoms with Crippen LogP contribution in [0.5, 0.6) is 0 Å². The number of rotatable bonds is 2. The standard InChI is InChI=1S/C18H13ClF2OS/c1-8-4-5-12-14(19)18(23-17(12)15(8)21)16(22)13-9(2)6-11(20)7-10(13)3/h4-7H,1-3H3. The minimum Gasteiger partial charge on any atom is -0.288 e. The molecule has 0 aliphatic rings. The Balaban J connectivity index is 2.24. The van der Waals surface area contributed by atoms with E-state index in [1.54, 1.807) is 32.9 Å². The topological polar surface area (TPSA) is 17.1 Å². The molecular formula is C18H13ClF2OS. The van der Waals surface area contributed by atoms with Crippen LogP contribution in [0.3, 0.4) is 0 Å². The number of carbonyl (C=O) groups is 1. The van der Waals surface area contributed by atoms with Crippen molar-refractivity contribution in [2.75, 3.05) is 0 Å². The molecule has 2 aromatic carbocycles. The third-order valence-electron chi connectivity index (χ3n) is 3.86. The minimum atomic E-state index is -0.388. The first-order valence-corrected chi connectivity index (χ1v) is 8.19. The van der Waals surface area contributed by atoms with Gasteiger partial charge in [0, 0.05) is 10.9 Å². The van der Waals surface area contributed by atoms with Crippen molar-refractivity contribution in [3.05, 3.63) is 68.1 Å². The number of ketones is 1. The van der Waals surface area contributed by atoms with E-state index < -0.39 is 0 Å².